The number of ether oxygens (including phenoxy) is 2. The van der Waals surface area contributed by atoms with E-state index in [9.17, 15) is 4.79 Å². The van der Waals surface area contributed by atoms with Crippen LogP contribution < -0.4 is 14.8 Å². The second kappa shape index (κ2) is 7.81. The van der Waals surface area contributed by atoms with Gasteiger partial charge in [-0.25, -0.2) is 0 Å². The Bertz CT molecular complexity index is 738. The molecule has 0 aliphatic carbocycles. The summed E-state index contributed by atoms with van der Waals surface area (Å²) in [6, 6.07) is 13.1. The Balaban J connectivity index is 1.55. The molecule has 0 radical (unpaired) electrons. The van der Waals surface area contributed by atoms with Gasteiger partial charge in [-0.3, -0.25) is 4.79 Å². The van der Waals surface area contributed by atoms with Crippen molar-refractivity contribution in [1.82, 2.24) is 0 Å². The second-order valence-electron chi connectivity index (χ2n) is 5.38. The van der Waals surface area contributed by atoms with Crippen LogP contribution in [0.5, 0.6) is 11.5 Å². The van der Waals surface area contributed by atoms with Crippen LogP contribution in [0.15, 0.2) is 42.5 Å². The largest absolute Gasteiger partial charge is 0.486 e. The normalized spacial score (nSPS) is 14.1. The van der Waals surface area contributed by atoms with E-state index in [1.807, 2.05) is 43.3 Å². The smallest absolute Gasteiger partial charge is 0.234 e. The number of rotatable bonds is 5. The highest BCUT2D eigenvalue weighted by Gasteiger charge is 2.14. The summed E-state index contributed by atoms with van der Waals surface area (Å²) in [5.74, 6) is 1.66. The average Bonchev–Trinajstić information content (AvgIpc) is 2.60. The zero-order valence-electron chi connectivity index (χ0n) is 13.3. The van der Waals surface area contributed by atoms with E-state index >= 15 is 0 Å². The van der Waals surface area contributed by atoms with Crippen LogP contribution >= 0.6 is 23.4 Å². The number of thioether (sulfide) groups is 1. The summed E-state index contributed by atoms with van der Waals surface area (Å²) < 4.78 is 11.0. The van der Waals surface area contributed by atoms with E-state index in [1.165, 1.54) is 0 Å². The molecule has 6 heteroatoms. The molecule has 0 fully saturated rings. The van der Waals surface area contributed by atoms with Crippen LogP contribution in [0.25, 0.3) is 0 Å². The first-order chi connectivity index (χ1) is 11.6. The van der Waals surface area contributed by atoms with E-state index < -0.39 is 0 Å². The lowest BCUT2D eigenvalue weighted by Crippen LogP contribution is -2.17. The summed E-state index contributed by atoms with van der Waals surface area (Å²) in [6.07, 6.45) is 0. The van der Waals surface area contributed by atoms with Crippen molar-refractivity contribution in [2.75, 3.05) is 24.3 Å². The first kappa shape index (κ1) is 17.0. The van der Waals surface area contributed by atoms with Gasteiger partial charge in [0.15, 0.2) is 11.5 Å². The maximum atomic E-state index is 12.2. The van der Waals surface area contributed by atoms with Gasteiger partial charge in [0.05, 0.1) is 5.75 Å². The van der Waals surface area contributed by atoms with Gasteiger partial charge in [-0.05, 0) is 30.7 Å². The molecule has 1 aliphatic rings. The molecule has 0 aromatic heterocycles. The number of carbonyl (C=O) groups is 1. The van der Waals surface area contributed by atoms with Gasteiger partial charge in [0.25, 0.3) is 0 Å². The first-order valence-electron chi connectivity index (χ1n) is 7.69. The molecular weight excluding hydrogens is 346 g/mol. The molecule has 0 bridgehead atoms. The van der Waals surface area contributed by atoms with Crippen molar-refractivity contribution in [3.8, 4) is 11.5 Å². The van der Waals surface area contributed by atoms with Crippen molar-refractivity contribution in [2.24, 2.45) is 0 Å². The maximum Gasteiger partial charge on any atom is 0.234 e. The van der Waals surface area contributed by atoms with Crippen molar-refractivity contribution >= 4 is 35.0 Å². The maximum absolute atomic E-state index is 12.2. The van der Waals surface area contributed by atoms with E-state index in [-0.39, 0.29) is 11.2 Å². The molecule has 1 heterocycles. The molecular formula is C18H18ClNO3S. The SMILES string of the molecule is C[C@H](SCC(=O)Nc1ccc2c(c1)OCCO2)c1ccccc1Cl. The molecule has 1 aliphatic heterocycles. The molecule has 1 amide bonds. The fourth-order valence-corrected chi connectivity index (χ4v) is 3.64. The van der Waals surface area contributed by atoms with Gasteiger partial charge in [0.1, 0.15) is 13.2 Å². The Labute approximate surface area is 150 Å². The Kier molecular flexibility index (Phi) is 5.53. The highest BCUT2D eigenvalue weighted by atomic mass is 35.5. The predicted molar refractivity (Wildman–Crippen MR) is 98.4 cm³/mol. The minimum Gasteiger partial charge on any atom is -0.486 e. The molecule has 24 heavy (non-hydrogen) atoms. The molecule has 4 nitrogen and oxygen atoms in total. The van der Waals surface area contributed by atoms with Crippen molar-refractivity contribution in [3.05, 3.63) is 53.1 Å². The Morgan fingerprint density at radius 2 is 1.96 bits per heavy atom. The monoisotopic (exact) mass is 363 g/mol. The van der Waals surface area contributed by atoms with E-state index in [0.717, 1.165) is 10.6 Å². The Morgan fingerprint density at radius 1 is 1.21 bits per heavy atom. The zero-order chi connectivity index (χ0) is 16.9. The van der Waals surface area contributed by atoms with Crippen molar-refractivity contribution in [2.45, 2.75) is 12.2 Å². The van der Waals surface area contributed by atoms with Gasteiger partial charge in [0, 0.05) is 22.0 Å². The van der Waals surface area contributed by atoms with E-state index in [2.05, 4.69) is 5.32 Å². The lowest BCUT2D eigenvalue weighted by molar-refractivity contribution is -0.113. The van der Waals surface area contributed by atoms with E-state index in [4.69, 9.17) is 21.1 Å². The number of nitrogens with one attached hydrogen (secondary N) is 1. The molecule has 0 unspecified atom stereocenters. The molecule has 0 saturated heterocycles. The van der Waals surface area contributed by atoms with Crippen LogP contribution in [0.2, 0.25) is 5.02 Å². The minimum atomic E-state index is -0.0596. The van der Waals surface area contributed by atoms with Gasteiger partial charge in [-0.15, -0.1) is 11.8 Å². The van der Waals surface area contributed by atoms with E-state index in [1.54, 1.807) is 17.8 Å². The predicted octanol–water partition coefficient (Wildman–Crippen LogP) is 4.54. The Morgan fingerprint density at radius 3 is 2.75 bits per heavy atom. The number of fused-ring (bicyclic) bond motifs is 1. The fraction of sp³-hybridized carbons (Fsp3) is 0.278. The number of hydrogen-bond acceptors (Lipinski definition) is 4. The van der Waals surface area contributed by atoms with Crippen LogP contribution in [0.4, 0.5) is 5.69 Å². The summed E-state index contributed by atoms with van der Waals surface area (Å²) in [4.78, 5) is 12.2. The third-order valence-corrected chi connectivity index (χ3v) is 5.16. The van der Waals surface area contributed by atoms with Crippen LogP contribution in [0.1, 0.15) is 17.7 Å². The third-order valence-electron chi connectivity index (χ3n) is 3.63. The van der Waals surface area contributed by atoms with Crippen molar-refractivity contribution in [3.63, 3.8) is 0 Å². The van der Waals surface area contributed by atoms with Gasteiger partial charge in [-0.2, -0.15) is 0 Å². The number of carbonyl (C=O) groups excluding carboxylic acids is 1. The van der Waals surface area contributed by atoms with Gasteiger partial charge in [-0.1, -0.05) is 29.8 Å². The first-order valence-corrected chi connectivity index (χ1v) is 9.11. The standard InChI is InChI=1S/C18H18ClNO3S/c1-12(14-4-2-3-5-15(14)19)24-11-18(21)20-13-6-7-16-17(10-13)23-9-8-22-16/h2-7,10,12H,8-9,11H2,1H3,(H,20,21)/t12-/m0/s1. The van der Waals surface area contributed by atoms with Crippen LogP contribution in [-0.4, -0.2) is 24.9 Å². The molecule has 2 aromatic rings. The van der Waals surface area contributed by atoms with Crippen molar-refractivity contribution < 1.29 is 14.3 Å². The third kappa shape index (κ3) is 4.16. The lowest BCUT2D eigenvalue weighted by Gasteiger charge is -2.19. The van der Waals surface area contributed by atoms with E-state index in [0.29, 0.717) is 36.2 Å². The summed E-state index contributed by atoms with van der Waals surface area (Å²) in [7, 11) is 0. The van der Waals surface area contributed by atoms with Gasteiger partial charge < -0.3 is 14.8 Å². The summed E-state index contributed by atoms with van der Waals surface area (Å²) >= 11 is 7.74. The number of halogens is 1. The molecule has 1 atom stereocenters. The van der Waals surface area contributed by atoms with Crippen molar-refractivity contribution in [1.29, 1.82) is 0 Å². The highest BCUT2D eigenvalue weighted by molar-refractivity contribution is 8.00. The number of benzene rings is 2. The molecule has 126 valence electrons. The van der Waals surface area contributed by atoms with Crippen LogP contribution in [-0.2, 0) is 4.79 Å². The number of anilines is 1. The second-order valence-corrected chi connectivity index (χ2v) is 7.12. The summed E-state index contributed by atoms with van der Waals surface area (Å²) in [5, 5.41) is 3.76. The highest BCUT2D eigenvalue weighted by Crippen LogP contribution is 2.34. The summed E-state index contributed by atoms with van der Waals surface area (Å²) in [5.41, 5.74) is 1.74. The lowest BCUT2D eigenvalue weighted by atomic mass is 10.2. The topological polar surface area (TPSA) is 47.6 Å². The molecule has 0 spiro atoms. The van der Waals surface area contributed by atoms with Crippen LogP contribution in [0, 0.1) is 0 Å². The average molecular weight is 364 g/mol. The molecule has 0 saturated carbocycles. The Hall–Kier alpha value is -1.85. The summed E-state index contributed by atoms with van der Waals surface area (Å²) in [6.45, 7) is 3.12. The quantitative estimate of drug-likeness (QED) is 0.846. The zero-order valence-corrected chi connectivity index (χ0v) is 14.8. The minimum absolute atomic E-state index is 0.0596. The molecule has 1 N–H and O–H groups in total. The van der Waals surface area contributed by atoms with Gasteiger partial charge >= 0.3 is 0 Å². The molecule has 3 rings (SSSR count). The van der Waals surface area contributed by atoms with Gasteiger partial charge in [0.2, 0.25) is 5.91 Å². The number of amides is 1. The van der Waals surface area contributed by atoms with Crippen LogP contribution in [0.3, 0.4) is 0 Å². The molecule has 2 aromatic carbocycles. The fourth-order valence-electron chi connectivity index (χ4n) is 2.41. The number of hydrogen-bond donors (Lipinski definition) is 1.